The van der Waals surface area contributed by atoms with Gasteiger partial charge in [0.15, 0.2) is 5.78 Å². The van der Waals surface area contributed by atoms with Crippen LogP contribution in [0.4, 0.5) is 0 Å². The molecule has 2 aliphatic rings. The van der Waals surface area contributed by atoms with Crippen LogP contribution in [-0.4, -0.2) is 27.4 Å². The summed E-state index contributed by atoms with van der Waals surface area (Å²) in [6.07, 6.45) is 7.02. The fourth-order valence-electron chi connectivity index (χ4n) is 2.55. The van der Waals surface area contributed by atoms with Crippen LogP contribution in [0.3, 0.4) is 0 Å². The van der Waals surface area contributed by atoms with Crippen LogP contribution in [0.25, 0.3) is 0 Å². The van der Waals surface area contributed by atoms with E-state index in [2.05, 4.69) is 25.8 Å². The van der Waals surface area contributed by atoms with Crippen molar-refractivity contribution in [2.75, 3.05) is 6.54 Å². The summed E-state index contributed by atoms with van der Waals surface area (Å²) in [5.74, 6) is 0.550. The first-order chi connectivity index (χ1) is 11.3. The van der Waals surface area contributed by atoms with Gasteiger partial charge in [-0.3, -0.25) is 9.80 Å². The molecule has 6 heteroatoms. The van der Waals surface area contributed by atoms with Crippen LogP contribution in [0.15, 0.2) is 34.5 Å². The molecule has 2 heterocycles. The van der Waals surface area contributed by atoms with E-state index in [0.717, 1.165) is 16.6 Å². The number of halogens is 1. The molecule has 1 fully saturated rings. The van der Waals surface area contributed by atoms with Crippen LogP contribution in [0, 0.1) is 11.3 Å². The topological polar surface area (TPSA) is 45.6 Å². The van der Waals surface area contributed by atoms with Gasteiger partial charge in [0.05, 0.1) is 5.56 Å². The molecule has 0 spiro atoms. The Hall–Kier alpha value is -1.33. The Kier molecular flexibility index (Phi) is 5.02. The predicted octanol–water partition coefficient (Wildman–Crippen LogP) is 4.97. The Balaban J connectivity index is 1.84. The maximum atomic E-state index is 12.6. The van der Waals surface area contributed by atoms with Crippen LogP contribution in [0.2, 0.25) is 5.15 Å². The van der Waals surface area contributed by atoms with Gasteiger partial charge in [0.1, 0.15) is 15.2 Å². The molecule has 4 nitrogen and oxygen atoms in total. The lowest BCUT2D eigenvalue weighted by molar-refractivity contribution is 0.104. The molecule has 0 unspecified atom stereocenters. The highest BCUT2D eigenvalue weighted by Crippen LogP contribution is 2.40. The summed E-state index contributed by atoms with van der Waals surface area (Å²) in [6.45, 7) is 7.31. The Morgan fingerprint density at radius 3 is 2.79 bits per heavy atom. The molecule has 0 amide bonds. The van der Waals surface area contributed by atoms with E-state index in [9.17, 15) is 4.79 Å². The minimum atomic E-state index is -0.125. The van der Waals surface area contributed by atoms with E-state index in [1.165, 1.54) is 19.3 Å². The van der Waals surface area contributed by atoms with Gasteiger partial charge in [-0.05, 0) is 30.9 Å². The van der Waals surface area contributed by atoms with E-state index < -0.39 is 0 Å². The molecular formula is C18H22ClN3OS. The summed E-state index contributed by atoms with van der Waals surface area (Å²) < 4.78 is 0. The first-order valence-corrected chi connectivity index (χ1v) is 9.45. The second-order valence-electron chi connectivity index (χ2n) is 7.32. The molecular weight excluding hydrogens is 342 g/mol. The number of rotatable bonds is 4. The summed E-state index contributed by atoms with van der Waals surface area (Å²) in [6, 6.07) is 3.43. The fraction of sp³-hybridized carbons (Fsp3) is 0.500. The Labute approximate surface area is 152 Å². The van der Waals surface area contributed by atoms with Gasteiger partial charge in [-0.15, -0.1) is 0 Å². The third-order valence-electron chi connectivity index (χ3n) is 4.24. The number of nitrogens with zero attached hydrogens (tertiary/aromatic N) is 3. The number of hydrazone groups is 1. The molecule has 24 heavy (non-hydrogen) atoms. The predicted molar refractivity (Wildman–Crippen MR) is 100 cm³/mol. The van der Waals surface area contributed by atoms with Crippen molar-refractivity contribution in [2.24, 2.45) is 16.4 Å². The van der Waals surface area contributed by atoms with Gasteiger partial charge < -0.3 is 0 Å². The summed E-state index contributed by atoms with van der Waals surface area (Å²) in [5, 5.41) is 8.94. The molecule has 0 aromatic carbocycles. The number of carbonyl (C=O) groups is 1. The summed E-state index contributed by atoms with van der Waals surface area (Å²) >= 11 is 7.63. The number of carbonyl (C=O) groups excluding carboxylic acids is 1. The smallest absolute Gasteiger partial charge is 0.191 e. The lowest BCUT2D eigenvalue weighted by Crippen LogP contribution is -2.26. The molecule has 1 aromatic heterocycles. The van der Waals surface area contributed by atoms with Crippen molar-refractivity contribution in [3.05, 3.63) is 40.2 Å². The van der Waals surface area contributed by atoms with Gasteiger partial charge in [0.25, 0.3) is 0 Å². The lowest BCUT2D eigenvalue weighted by atomic mass is 9.85. The fourth-order valence-corrected chi connectivity index (χ4v) is 3.79. The molecule has 0 saturated heterocycles. The number of hydrogen-bond donors (Lipinski definition) is 0. The van der Waals surface area contributed by atoms with E-state index in [0.29, 0.717) is 11.5 Å². The molecule has 1 aromatic rings. The summed E-state index contributed by atoms with van der Waals surface area (Å²) in [5.41, 5.74) is 0.396. The lowest BCUT2D eigenvalue weighted by Gasteiger charge is -2.29. The minimum Gasteiger partial charge on any atom is -0.289 e. The molecule has 1 aliphatic carbocycles. The zero-order valence-corrected chi connectivity index (χ0v) is 15.8. The first-order valence-electron chi connectivity index (χ1n) is 8.25. The highest BCUT2D eigenvalue weighted by molar-refractivity contribution is 8.17. The minimum absolute atomic E-state index is 0.0346. The van der Waals surface area contributed by atoms with Gasteiger partial charge in [-0.25, -0.2) is 4.98 Å². The quantitative estimate of drug-likeness (QED) is 0.430. The van der Waals surface area contributed by atoms with Gasteiger partial charge in [0, 0.05) is 24.2 Å². The number of ketones is 1. The SMILES string of the molecule is CC(C)(C)C1=NN(CC2CCC2)/C(=C/C(=O)c2cccnc2Cl)S1. The zero-order chi connectivity index (χ0) is 17.3. The molecule has 128 valence electrons. The second-order valence-corrected chi connectivity index (χ2v) is 8.69. The monoisotopic (exact) mass is 363 g/mol. The van der Waals surface area contributed by atoms with Gasteiger partial charge in [-0.2, -0.15) is 5.10 Å². The molecule has 1 saturated carbocycles. The highest BCUT2D eigenvalue weighted by Gasteiger charge is 2.32. The molecule has 0 N–H and O–H groups in total. The van der Waals surface area contributed by atoms with E-state index in [1.54, 1.807) is 36.2 Å². The normalized spacial score (nSPS) is 20.2. The van der Waals surface area contributed by atoms with Crippen LogP contribution >= 0.6 is 23.4 Å². The number of thioether (sulfide) groups is 1. The number of aromatic nitrogens is 1. The molecule has 3 rings (SSSR count). The molecule has 0 radical (unpaired) electrons. The number of allylic oxidation sites excluding steroid dienone is 1. The molecule has 0 atom stereocenters. The second kappa shape index (κ2) is 6.89. The summed E-state index contributed by atoms with van der Waals surface area (Å²) in [7, 11) is 0. The van der Waals surface area contributed by atoms with Crippen molar-refractivity contribution in [1.82, 2.24) is 9.99 Å². The van der Waals surface area contributed by atoms with Crippen LogP contribution in [0.5, 0.6) is 0 Å². The van der Waals surface area contributed by atoms with Crippen LogP contribution < -0.4 is 0 Å². The maximum Gasteiger partial charge on any atom is 0.191 e. The van der Waals surface area contributed by atoms with E-state index in [-0.39, 0.29) is 16.4 Å². The highest BCUT2D eigenvalue weighted by atomic mass is 35.5. The van der Waals surface area contributed by atoms with E-state index in [1.807, 2.05) is 5.01 Å². The Bertz CT molecular complexity index is 704. The van der Waals surface area contributed by atoms with Crippen molar-refractivity contribution >= 4 is 34.2 Å². The average molecular weight is 364 g/mol. The van der Waals surface area contributed by atoms with Gasteiger partial charge in [0.2, 0.25) is 0 Å². The number of hydrogen-bond acceptors (Lipinski definition) is 5. The maximum absolute atomic E-state index is 12.6. The Morgan fingerprint density at radius 1 is 1.46 bits per heavy atom. The Morgan fingerprint density at radius 2 is 2.21 bits per heavy atom. The largest absolute Gasteiger partial charge is 0.289 e. The first kappa shape index (κ1) is 17.5. The van der Waals surface area contributed by atoms with Gasteiger partial charge in [-0.1, -0.05) is 50.6 Å². The average Bonchev–Trinajstić information content (AvgIpc) is 2.86. The molecule has 1 aliphatic heterocycles. The standard InChI is InChI=1S/C18H22ClN3OS/c1-18(2,3)17-21-22(11-12-6-4-7-12)15(24-17)10-14(23)13-8-5-9-20-16(13)19/h5,8-10,12H,4,6-7,11H2,1-3H3/b15-10-. The van der Waals surface area contributed by atoms with Crippen molar-refractivity contribution < 1.29 is 4.79 Å². The third kappa shape index (κ3) is 3.83. The van der Waals surface area contributed by atoms with Crippen molar-refractivity contribution in [1.29, 1.82) is 0 Å². The van der Waals surface area contributed by atoms with Gasteiger partial charge >= 0.3 is 0 Å². The van der Waals surface area contributed by atoms with E-state index in [4.69, 9.17) is 16.7 Å². The number of pyridine rings is 1. The van der Waals surface area contributed by atoms with E-state index >= 15 is 0 Å². The van der Waals surface area contributed by atoms with Crippen molar-refractivity contribution in [3.63, 3.8) is 0 Å². The summed E-state index contributed by atoms with van der Waals surface area (Å²) in [4.78, 5) is 16.6. The zero-order valence-electron chi connectivity index (χ0n) is 14.3. The third-order valence-corrected chi connectivity index (χ3v) is 5.97. The van der Waals surface area contributed by atoms with Crippen molar-refractivity contribution in [2.45, 2.75) is 40.0 Å². The van der Waals surface area contributed by atoms with Crippen LogP contribution in [-0.2, 0) is 0 Å². The van der Waals surface area contributed by atoms with Crippen LogP contribution in [0.1, 0.15) is 50.4 Å². The van der Waals surface area contributed by atoms with Crippen molar-refractivity contribution in [3.8, 4) is 0 Å². The molecule has 0 bridgehead atoms.